The van der Waals surface area contributed by atoms with Gasteiger partial charge in [-0.2, -0.15) is 10.4 Å². The highest BCUT2D eigenvalue weighted by Gasteiger charge is 2.18. The maximum Gasteiger partial charge on any atom is 0.228 e. The van der Waals surface area contributed by atoms with Crippen LogP contribution in [-0.2, 0) is 16.0 Å². The van der Waals surface area contributed by atoms with Crippen molar-refractivity contribution in [2.75, 3.05) is 25.5 Å². The topological polar surface area (TPSA) is 112 Å². The number of rotatable bonds is 6. The molecule has 0 unspecified atom stereocenters. The highest BCUT2D eigenvalue weighted by molar-refractivity contribution is 5.92. The highest BCUT2D eigenvalue weighted by Crippen LogP contribution is 2.27. The smallest absolute Gasteiger partial charge is 0.228 e. The normalized spacial score (nSPS) is 10.7. The number of imidazole rings is 1. The lowest BCUT2D eigenvalue weighted by Crippen LogP contribution is -2.27. The Bertz CT molecular complexity index is 2080. The molecule has 0 bridgehead atoms. The Morgan fingerprint density at radius 2 is 1.70 bits per heavy atom. The molecular weight excluding hydrogens is 576 g/mol. The van der Waals surface area contributed by atoms with Crippen molar-refractivity contribution in [3.63, 3.8) is 0 Å². The van der Waals surface area contributed by atoms with Gasteiger partial charge in [0.2, 0.25) is 11.8 Å². The highest BCUT2D eigenvalue weighted by atomic mass is 16.2. The second kappa shape index (κ2) is 13.4. The number of carbonyl (C=O) groups is 2. The molecule has 0 aliphatic rings. The molecule has 232 valence electrons. The van der Waals surface area contributed by atoms with Crippen LogP contribution in [0, 0.1) is 25.2 Å². The molecule has 0 atom stereocenters. The molecule has 4 heterocycles. The Kier molecular flexibility index (Phi) is 9.24. The summed E-state index contributed by atoms with van der Waals surface area (Å²) >= 11 is 0. The zero-order valence-corrected chi connectivity index (χ0v) is 26.9. The van der Waals surface area contributed by atoms with Gasteiger partial charge in [0.15, 0.2) is 5.65 Å². The molecule has 4 aromatic heterocycles. The molecule has 0 aliphatic heterocycles. The van der Waals surface area contributed by atoms with Gasteiger partial charge < -0.3 is 14.2 Å². The minimum atomic E-state index is -0.00428. The Hall–Kier alpha value is -5.82. The standard InChI is InChI=1S/C19H21N3O.C17H15N5O/c1-13-5-8-15(9-6-13)19-16(11-18(23)21(3)4)22-12-14(2)7-10-17(22)20-19;1-3-21(12(2)23)15-6-4-5-13(9-15)16-7-8-19-17-14(10-18)11-20-22(16)17/h5-10,12H,11H2,1-4H3;4-9,11H,3H2,1-2H3. The van der Waals surface area contributed by atoms with E-state index in [1.807, 2.05) is 66.9 Å². The van der Waals surface area contributed by atoms with Crippen LogP contribution in [0.4, 0.5) is 5.69 Å². The fourth-order valence-electron chi connectivity index (χ4n) is 5.22. The van der Waals surface area contributed by atoms with E-state index in [2.05, 4.69) is 47.3 Å². The molecule has 0 spiro atoms. The number of amides is 2. The van der Waals surface area contributed by atoms with E-state index in [0.29, 0.717) is 24.2 Å². The van der Waals surface area contributed by atoms with Crippen molar-refractivity contribution in [3.05, 3.63) is 108 Å². The average molecular weight is 613 g/mol. The summed E-state index contributed by atoms with van der Waals surface area (Å²) in [5.41, 5.74) is 9.58. The third-order valence-corrected chi connectivity index (χ3v) is 7.68. The molecule has 0 saturated heterocycles. The van der Waals surface area contributed by atoms with E-state index in [4.69, 9.17) is 10.2 Å². The minimum Gasteiger partial charge on any atom is -0.348 e. The van der Waals surface area contributed by atoms with Gasteiger partial charge in [0.05, 0.1) is 29.7 Å². The van der Waals surface area contributed by atoms with E-state index < -0.39 is 0 Å². The third kappa shape index (κ3) is 6.49. The Labute approximate surface area is 268 Å². The van der Waals surface area contributed by atoms with Gasteiger partial charge in [-0.15, -0.1) is 0 Å². The number of carbonyl (C=O) groups excluding carboxylic acids is 2. The molecule has 0 N–H and O–H groups in total. The number of hydrogen-bond donors (Lipinski definition) is 0. The Morgan fingerprint density at radius 1 is 0.957 bits per heavy atom. The van der Waals surface area contributed by atoms with Crippen molar-refractivity contribution >= 4 is 28.8 Å². The monoisotopic (exact) mass is 612 g/mol. The first-order valence-corrected chi connectivity index (χ1v) is 15.0. The van der Waals surface area contributed by atoms with Gasteiger partial charge in [0, 0.05) is 56.8 Å². The van der Waals surface area contributed by atoms with Crippen molar-refractivity contribution < 1.29 is 9.59 Å². The lowest BCUT2D eigenvalue weighted by atomic mass is 10.1. The number of nitriles is 1. The van der Waals surface area contributed by atoms with Crippen molar-refractivity contribution in [3.8, 4) is 28.6 Å². The van der Waals surface area contributed by atoms with Crippen LogP contribution in [-0.4, -0.2) is 61.3 Å². The number of nitrogens with zero attached hydrogens (tertiary/aromatic N) is 8. The number of pyridine rings is 1. The number of hydrogen-bond acceptors (Lipinski definition) is 6. The van der Waals surface area contributed by atoms with E-state index in [1.54, 1.807) is 41.5 Å². The van der Waals surface area contributed by atoms with Gasteiger partial charge in [0.25, 0.3) is 0 Å². The number of likely N-dealkylation sites (N-methyl/N-ethyl adjacent to an activating group) is 1. The molecule has 2 amide bonds. The summed E-state index contributed by atoms with van der Waals surface area (Å²) in [6.07, 6.45) is 5.53. The summed E-state index contributed by atoms with van der Waals surface area (Å²) in [6, 6.07) is 23.9. The molecular formula is C36H36N8O2. The molecule has 10 heteroatoms. The molecule has 0 radical (unpaired) electrons. The summed E-state index contributed by atoms with van der Waals surface area (Å²) in [5, 5.41) is 13.4. The van der Waals surface area contributed by atoms with Crippen molar-refractivity contribution in [2.45, 2.75) is 34.1 Å². The zero-order chi connectivity index (χ0) is 33.0. The van der Waals surface area contributed by atoms with E-state index in [9.17, 15) is 9.59 Å². The molecule has 6 rings (SSSR count). The first-order valence-electron chi connectivity index (χ1n) is 15.0. The number of aromatic nitrogens is 5. The summed E-state index contributed by atoms with van der Waals surface area (Å²) in [4.78, 5) is 36.3. The lowest BCUT2D eigenvalue weighted by Gasteiger charge is -2.19. The number of benzene rings is 2. The van der Waals surface area contributed by atoms with Crippen LogP contribution in [0.5, 0.6) is 0 Å². The number of anilines is 1. The van der Waals surface area contributed by atoms with Crippen molar-refractivity contribution in [1.82, 2.24) is 28.9 Å². The van der Waals surface area contributed by atoms with Gasteiger partial charge in [0.1, 0.15) is 17.3 Å². The molecule has 2 aromatic carbocycles. The summed E-state index contributed by atoms with van der Waals surface area (Å²) < 4.78 is 3.67. The van der Waals surface area contributed by atoms with Gasteiger partial charge in [-0.25, -0.2) is 14.5 Å². The van der Waals surface area contributed by atoms with Crippen LogP contribution in [0.25, 0.3) is 33.8 Å². The van der Waals surface area contributed by atoms with Crippen molar-refractivity contribution in [1.29, 1.82) is 5.26 Å². The van der Waals surface area contributed by atoms with Crippen LogP contribution in [0.3, 0.4) is 0 Å². The predicted octanol–water partition coefficient (Wildman–Crippen LogP) is 5.89. The van der Waals surface area contributed by atoms with Crippen LogP contribution >= 0.6 is 0 Å². The van der Waals surface area contributed by atoms with E-state index in [-0.39, 0.29) is 11.8 Å². The first kappa shape index (κ1) is 31.6. The molecule has 46 heavy (non-hydrogen) atoms. The van der Waals surface area contributed by atoms with Gasteiger partial charge in [-0.3, -0.25) is 9.59 Å². The average Bonchev–Trinajstić information content (AvgIpc) is 3.63. The second-order valence-corrected chi connectivity index (χ2v) is 11.2. The van der Waals surface area contributed by atoms with E-state index in [0.717, 1.165) is 45.1 Å². The Balaban J connectivity index is 0.000000181. The fourth-order valence-corrected chi connectivity index (χ4v) is 5.22. The van der Waals surface area contributed by atoms with Crippen LogP contribution in [0.2, 0.25) is 0 Å². The third-order valence-electron chi connectivity index (χ3n) is 7.68. The SMILES string of the molecule is CCN(C(C)=O)c1cccc(-c2ccnc3c(C#N)cnn23)c1.Cc1ccc(-c2nc3ccc(C)cn3c2CC(=O)N(C)C)cc1. The second-order valence-electron chi connectivity index (χ2n) is 11.2. The van der Waals surface area contributed by atoms with Crippen LogP contribution in [0.1, 0.15) is 36.2 Å². The van der Waals surface area contributed by atoms with E-state index in [1.165, 1.54) is 11.8 Å². The molecule has 6 aromatic rings. The molecule has 0 aliphatic carbocycles. The minimum absolute atomic E-state index is 0.00428. The predicted molar refractivity (Wildman–Crippen MR) is 179 cm³/mol. The summed E-state index contributed by atoms with van der Waals surface area (Å²) in [6.45, 7) is 8.19. The summed E-state index contributed by atoms with van der Waals surface area (Å²) in [5.74, 6) is 0.0667. The quantitative estimate of drug-likeness (QED) is 0.232. The lowest BCUT2D eigenvalue weighted by molar-refractivity contribution is -0.128. The Morgan fingerprint density at radius 3 is 2.37 bits per heavy atom. The zero-order valence-electron chi connectivity index (χ0n) is 26.9. The molecule has 0 fully saturated rings. The van der Waals surface area contributed by atoms with E-state index >= 15 is 0 Å². The number of aryl methyl sites for hydroxylation is 2. The number of fused-ring (bicyclic) bond motifs is 2. The van der Waals surface area contributed by atoms with Gasteiger partial charge in [-0.1, -0.05) is 48.0 Å². The van der Waals surface area contributed by atoms with Gasteiger partial charge >= 0.3 is 0 Å². The first-order chi connectivity index (χ1) is 22.1. The maximum atomic E-state index is 12.3. The van der Waals surface area contributed by atoms with Crippen LogP contribution < -0.4 is 4.90 Å². The molecule has 10 nitrogen and oxygen atoms in total. The van der Waals surface area contributed by atoms with Gasteiger partial charge in [-0.05, 0) is 50.6 Å². The fraction of sp³-hybridized carbons (Fsp3) is 0.222. The maximum absolute atomic E-state index is 12.3. The largest absolute Gasteiger partial charge is 0.348 e. The van der Waals surface area contributed by atoms with Crippen molar-refractivity contribution in [2.24, 2.45) is 0 Å². The molecule has 0 saturated carbocycles. The summed E-state index contributed by atoms with van der Waals surface area (Å²) in [7, 11) is 3.56. The van der Waals surface area contributed by atoms with Crippen LogP contribution in [0.15, 0.2) is 85.3 Å².